The van der Waals surface area contributed by atoms with Crippen LogP contribution in [0.15, 0.2) is 24.3 Å². The van der Waals surface area contributed by atoms with Crippen LogP contribution in [0, 0.1) is 0 Å². The minimum absolute atomic E-state index is 0. The molecule has 1 atom stereocenters. The van der Waals surface area contributed by atoms with Gasteiger partial charge < -0.3 is 15.3 Å². The largest absolute Gasteiger partial charge is 0.508 e. The van der Waals surface area contributed by atoms with E-state index in [1.54, 1.807) is 12.1 Å². The molecule has 2 N–H and O–H groups in total. The van der Waals surface area contributed by atoms with E-state index in [4.69, 9.17) is 0 Å². The van der Waals surface area contributed by atoms with Gasteiger partial charge in [-0.25, -0.2) is 0 Å². The highest BCUT2D eigenvalue weighted by Crippen LogP contribution is 2.12. The average molecular weight is 281 g/mol. The summed E-state index contributed by atoms with van der Waals surface area (Å²) in [6, 6.07) is 7.91. The third-order valence-electron chi connectivity index (χ3n) is 2.58. The number of hydrogen-bond acceptors (Lipinski definition) is 3. The lowest BCUT2D eigenvalue weighted by Gasteiger charge is -2.24. The van der Waals surface area contributed by atoms with Gasteiger partial charge in [-0.15, -0.1) is 24.8 Å². The zero-order chi connectivity index (χ0) is 11.3. The zero-order valence-corrected chi connectivity index (χ0v) is 12.1. The molecular weight excluding hydrogens is 259 g/mol. The zero-order valence-electron chi connectivity index (χ0n) is 10.5. The van der Waals surface area contributed by atoms with Crippen LogP contribution in [0.25, 0.3) is 0 Å². The monoisotopic (exact) mass is 280 g/mol. The van der Waals surface area contributed by atoms with Crippen molar-refractivity contribution in [3.63, 3.8) is 0 Å². The molecule has 0 bridgehead atoms. The van der Waals surface area contributed by atoms with Crippen LogP contribution in [0.1, 0.15) is 5.56 Å². The Morgan fingerprint density at radius 2 is 1.71 bits per heavy atom. The summed E-state index contributed by atoms with van der Waals surface area (Å²) >= 11 is 0. The van der Waals surface area contributed by atoms with Gasteiger partial charge in [0.2, 0.25) is 0 Å². The summed E-state index contributed by atoms with van der Waals surface area (Å²) < 4.78 is 0. The molecule has 0 radical (unpaired) electrons. The fraction of sp³-hybridized carbons (Fsp3) is 0.500. The number of nitrogens with one attached hydrogen (secondary N) is 1. The molecule has 0 saturated carbocycles. The summed E-state index contributed by atoms with van der Waals surface area (Å²) in [7, 11) is 6.14. The molecule has 0 aliphatic carbocycles. The fourth-order valence-electron chi connectivity index (χ4n) is 1.58. The van der Waals surface area contributed by atoms with Crippen molar-refractivity contribution in [2.75, 3.05) is 27.7 Å². The van der Waals surface area contributed by atoms with Crippen LogP contribution in [0.5, 0.6) is 5.75 Å². The Bertz CT molecular complexity index is 291. The quantitative estimate of drug-likeness (QED) is 0.865. The summed E-state index contributed by atoms with van der Waals surface area (Å²) in [5.41, 5.74) is 1.25. The molecule has 1 rings (SSSR count). The molecule has 17 heavy (non-hydrogen) atoms. The number of phenols is 1. The second-order valence-corrected chi connectivity index (χ2v) is 4.05. The van der Waals surface area contributed by atoms with E-state index in [0.29, 0.717) is 11.8 Å². The van der Waals surface area contributed by atoms with E-state index in [-0.39, 0.29) is 24.8 Å². The van der Waals surface area contributed by atoms with Gasteiger partial charge in [0.1, 0.15) is 5.75 Å². The molecule has 0 unspecified atom stereocenters. The Balaban J connectivity index is 0. The second kappa shape index (κ2) is 9.54. The Morgan fingerprint density at radius 3 is 2.12 bits per heavy atom. The molecule has 0 heterocycles. The Labute approximate surface area is 116 Å². The Hall–Kier alpha value is -0.480. The van der Waals surface area contributed by atoms with Crippen LogP contribution < -0.4 is 5.32 Å². The molecule has 0 spiro atoms. The molecule has 0 aliphatic heterocycles. The number of rotatable bonds is 5. The summed E-state index contributed by atoms with van der Waals surface area (Å²) in [6.07, 6.45) is 0.994. The predicted octanol–water partition coefficient (Wildman–Crippen LogP) is 1.93. The molecule has 0 fully saturated rings. The van der Waals surface area contributed by atoms with Gasteiger partial charge in [0, 0.05) is 12.6 Å². The van der Waals surface area contributed by atoms with Crippen LogP contribution in [0.2, 0.25) is 0 Å². The third kappa shape index (κ3) is 6.74. The fourth-order valence-corrected chi connectivity index (χ4v) is 1.58. The predicted molar refractivity (Wildman–Crippen MR) is 77.7 cm³/mol. The number of hydrogen-bond donors (Lipinski definition) is 2. The van der Waals surface area contributed by atoms with E-state index in [2.05, 4.69) is 24.3 Å². The van der Waals surface area contributed by atoms with Gasteiger partial charge in [-0.2, -0.15) is 0 Å². The van der Waals surface area contributed by atoms with Crippen LogP contribution in [0.3, 0.4) is 0 Å². The van der Waals surface area contributed by atoms with Crippen molar-refractivity contribution in [3.05, 3.63) is 29.8 Å². The minimum Gasteiger partial charge on any atom is -0.508 e. The number of aromatic hydroxyl groups is 1. The summed E-state index contributed by atoms with van der Waals surface area (Å²) in [4.78, 5) is 2.21. The molecule has 1 aromatic rings. The van der Waals surface area contributed by atoms with Crippen LogP contribution in [-0.4, -0.2) is 43.7 Å². The highest BCUT2D eigenvalue weighted by Gasteiger charge is 2.10. The van der Waals surface area contributed by atoms with E-state index < -0.39 is 0 Å². The first-order valence-corrected chi connectivity index (χ1v) is 5.22. The number of halogens is 2. The number of nitrogens with zero attached hydrogens (tertiary/aromatic N) is 1. The molecule has 3 nitrogen and oxygen atoms in total. The van der Waals surface area contributed by atoms with E-state index in [1.807, 2.05) is 19.2 Å². The van der Waals surface area contributed by atoms with Gasteiger partial charge in [-0.3, -0.25) is 0 Å². The first kappa shape index (κ1) is 18.9. The smallest absolute Gasteiger partial charge is 0.115 e. The topological polar surface area (TPSA) is 35.5 Å². The van der Waals surface area contributed by atoms with E-state index in [9.17, 15) is 5.11 Å². The molecule has 0 aromatic heterocycles. The normalized spacial score (nSPS) is 11.5. The van der Waals surface area contributed by atoms with Gasteiger partial charge in [-0.05, 0) is 45.3 Å². The summed E-state index contributed by atoms with van der Waals surface area (Å²) in [6.45, 7) is 0.966. The summed E-state index contributed by atoms with van der Waals surface area (Å²) in [5, 5.41) is 12.4. The highest BCUT2D eigenvalue weighted by atomic mass is 35.5. The average Bonchev–Trinajstić information content (AvgIpc) is 2.20. The molecule has 100 valence electrons. The lowest BCUT2D eigenvalue weighted by Crippen LogP contribution is -2.38. The summed E-state index contributed by atoms with van der Waals surface area (Å²) in [5.74, 6) is 0.328. The minimum atomic E-state index is 0. The van der Waals surface area contributed by atoms with E-state index in [1.165, 1.54) is 5.56 Å². The number of phenolic OH excluding ortho intramolecular Hbond substituents is 1. The van der Waals surface area contributed by atoms with Crippen molar-refractivity contribution in [2.24, 2.45) is 0 Å². The molecule has 0 aliphatic rings. The Morgan fingerprint density at radius 1 is 1.18 bits per heavy atom. The first-order chi connectivity index (χ1) is 7.13. The van der Waals surface area contributed by atoms with Crippen molar-refractivity contribution < 1.29 is 5.11 Å². The third-order valence-corrected chi connectivity index (χ3v) is 2.58. The first-order valence-electron chi connectivity index (χ1n) is 5.22. The van der Waals surface area contributed by atoms with Crippen molar-refractivity contribution in [3.8, 4) is 5.75 Å². The van der Waals surface area contributed by atoms with Crippen LogP contribution in [-0.2, 0) is 6.42 Å². The maximum Gasteiger partial charge on any atom is 0.115 e. The van der Waals surface area contributed by atoms with E-state index >= 15 is 0 Å². The van der Waals surface area contributed by atoms with Crippen molar-refractivity contribution in [1.82, 2.24) is 10.2 Å². The van der Waals surface area contributed by atoms with Crippen LogP contribution in [0.4, 0.5) is 0 Å². The molecule has 0 amide bonds. The van der Waals surface area contributed by atoms with Crippen molar-refractivity contribution >= 4 is 24.8 Å². The van der Waals surface area contributed by atoms with Crippen LogP contribution >= 0.6 is 24.8 Å². The maximum absolute atomic E-state index is 9.18. The highest BCUT2D eigenvalue weighted by molar-refractivity contribution is 5.85. The number of likely N-dealkylation sites (N-methyl/N-ethyl adjacent to an activating group) is 2. The van der Waals surface area contributed by atoms with Gasteiger partial charge in [-0.1, -0.05) is 12.1 Å². The van der Waals surface area contributed by atoms with Crippen molar-refractivity contribution in [2.45, 2.75) is 12.5 Å². The van der Waals surface area contributed by atoms with Gasteiger partial charge in [0.05, 0.1) is 0 Å². The second-order valence-electron chi connectivity index (χ2n) is 4.05. The maximum atomic E-state index is 9.18. The van der Waals surface area contributed by atoms with Crippen molar-refractivity contribution in [1.29, 1.82) is 0 Å². The standard InChI is InChI=1S/C12H20N2O.2ClH/c1-13-9-11(14(2)3)8-10-4-6-12(15)7-5-10;;/h4-7,11,13,15H,8-9H2,1-3H3;2*1H/t11-;;/m0../s1. The molecular formula is C12H22Cl2N2O. The lowest BCUT2D eigenvalue weighted by atomic mass is 10.1. The molecule has 1 aromatic carbocycles. The van der Waals surface area contributed by atoms with E-state index in [0.717, 1.165) is 13.0 Å². The van der Waals surface area contributed by atoms with Gasteiger partial charge in [0.15, 0.2) is 0 Å². The Kier molecular flexibility index (Phi) is 10.6. The number of benzene rings is 1. The van der Waals surface area contributed by atoms with Gasteiger partial charge in [0.25, 0.3) is 0 Å². The molecule has 5 heteroatoms. The molecule has 0 saturated heterocycles. The van der Waals surface area contributed by atoms with Gasteiger partial charge >= 0.3 is 0 Å². The lowest BCUT2D eigenvalue weighted by molar-refractivity contribution is 0.286. The SMILES string of the molecule is CNC[C@H](Cc1ccc(O)cc1)N(C)C.Cl.Cl.